The lowest BCUT2D eigenvalue weighted by Gasteiger charge is -2.19. The number of amides is 2. The first-order valence-corrected chi connectivity index (χ1v) is 10.8. The molecule has 3 aromatic rings. The Morgan fingerprint density at radius 1 is 1.33 bits per heavy atom. The topological polar surface area (TPSA) is 106 Å². The number of hydrogen-bond acceptors (Lipinski definition) is 8. The molecule has 0 bridgehead atoms. The van der Waals surface area contributed by atoms with Gasteiger partial charge in [0.15, 0.2) is 10.2 Å². The van der Waals surface area contributed by atoms with Crippen molar-refractivity contribution in [1.82, 2.24) is 14.9 Å². The van der Waals surface area contributed by atoms with Crippen molar-refractivity contribution >= 4 is 57.7 Å². The standard InChI is InChI=1S/C20H17N3O5S2/c1-3-27-18(25)11(2)23-17(24)15(29-20(23)26)10-12-8-9-16(28-12)30-19-21-13-6-4-5-7-14(13)22-19/h4-11H,3H2,1-2H3,(H,21,22)/b15-10-/t11-/m0/s1. The first-order valence-electron chi connectivity index (χ1n) is 9.12. The fourth-order valence-electron chi connectivity index (χ4n) is 2.85. The summed E-state index contributed by atoms with van der Waals surface area (Å²) in [5, 5.41) is 0.746. The van der Waals surface area contributed by atoms with Crippen LogP contribution < -0.4 is 0 Å². The van der Waals surface area contributed by atoms with E-state index in [0.717, 1.165) is 27.7 Å². The second-order valence-electron chi connectivity index (χ2n) is 6.30. The molecule has 154 valence electrons. The maximum atomic E-state index is 12.6. The number of aromatic amines is 1. The van der Waals surface area contributed by atoms with Crippen LogP contribution in [0.15, 0.2) is 56.0 Å². The number of fused-ring (bicyclic) bond motifs is 1. The molecule has 8 nitrogen and oxygen atoms in total. The quantitative estimate of drug-likeness (QED) is 0.444. The maximum absolute atomic E-state index is 12.6. The predicted octanol–water partition coefficient (Wildman–Crippen LogP) is 4.30. The average Bonchev–Trinajstić information content (AvgIpc) is 3.40. The number of nitrogens with zero attached hydrogens (tertiary/aromatic N) is 2. The van der Waals surface area contributed by atoms with Gasteiger partial charge in [0, 0.05) is 6.08 Å². The molecule has 4 rings (SSSR count). The van der Waals surface area contributed by atoms with Crippen LogP contribution in [0.3, 0.4) is 0 Å². The van der Waals surface area contributed by atoms with Crippen LogP contribution >= 0.6 is 23.5 Å². The molecule has 1 N–H and O–H groups in total. The van der Waals surface area contributed by atoms with Gasteiger partial charge in [-0.2, -0.15) is 0 Å². The molecule has 10 heteroatoms. The first kappa shape index (κ1) is 20.3. The molecule has 1 atom stereocenters. The molecular weight excluding hydrogens is 426 g/mol. The minimum atomic E-state index is -0.987. The fraction of sp³-hybridized carbons (Fsp3) is 0.200. The number of aromatic nitrogens is 2. The van der Waals surface area contributed by atoms with E-state index in [9.17, 15) is 14.4 Å². The van der Waals surface area contributed by atoms with Crippen molar-refractivity contribution in [1.29, 1.82) is 0 Å². The summed E-state index contributed by atoms with van der Waals surface area (Å²) in [6, 6.07) is 10.2. The van der Waals surface area contributed by atoms with E-state index in [4.69, 9.17) is 9.15 Å². The number of rotatable bonds is 6. The van der Waals surface area contributed by atoms with Gasteiger partial charge in [-0.3, -0.25) is 14.5 Å². The number of imidazole rings is 1. The predicted molar refractivity (Wildman–Crippen MR) is 113 cm³/mol. The minimum absolute atomic E-state index is 0.174. The number of benzene rings is 1. The number of nitrogens with one attached hydrogen (secondary N) is 1. The molecule has 0 radical (unpaired) electrons. The summed E-state index contributed by atoms with van der Waals surface area (Å²) in [5.74, 6) is -0.750. The largest absolute Gasteiger partial charge is 0.464 e. The van der Waals surface area contributed by atoms with Crippen LogP contribution in [-0.4, -0.2) is 44.6 Å². The molecule has 2 aromatic heterocycles. The molecule has 30 heavy (non-hydrogen) atoms. The zero-order valence-electron chi connectivity index (χ0n) is 16.1. The van der Waals surface area contributed by atoms with Crippen LogP contribution in [-0.2, 0) is 14.3 Å². The Morgan fingerprint density at radius 3 is 2.90 bits per heavy atom. The summed E-state index contributed by atoms with van der Waals surface area (Å²) in [4.78, 5) is 45.5. The number of hydrogen-bond donors (Lipinski definition) is 1. The SMILES string of the molecule is CCOC(=O)[C@H](C)N1C(=O)S/C(=C\c2ccc(Sc3nc4ccccc4[nH]3)o2)C1=O. The summed E-state index contributed by atoms with van der Waals surface area (Å²) in [5.41, 5.74) is 1.78. The molecule has 1 aliphatic heterocycles. The highest BCUT2D eigenvalue weighted by molar-refractivity contribution is 8.18. The van der Waals surface area contributed by atoms with Crippen molar-refractivity contribution < 1.29 is 23.5 Å². The number of furan rings is 1. The van der Waals surface area contributed by atoms with Gasteiger partial charge in [-0.25, -0.2) is 9.78 Å². The molecular formula is C20H17N3O5S2. The normalized spacial score (nSPS) is 16.6. The summed E-state index contributed by atoms with van der Waals surface area (Å²) in [6.07, 6.45) is 1.49. The number of thioether (sulfide) groups is 1. The van der Waals surface area contributed by atoms with Gasteiger partial charge in [-0.05, 0) is 61.6 Å². The van der Waals surface area contributed by atoms with Crippen molar-refractivity contribution in [3.8, 4) is 0 Å². The van der Waals surface area contributed by atoms with E-state index >= 15 is 0 Å². The van der Waals surface area contributed by atoms with Crippen LogP contribution in [0.25, 0.3) is 17.1 Å². The van der Waals surface area contributed by atoms with Crippen molar-refractivity contribution in [3.63, 3.8) is 0 Å². The molecule has 2 amide bonds. The highest BCUT2D eigenvalue weighted by Crippen LogP contribution is 2.35. The van der Waals surface area contributed by atoms with Gasteiger partial charge in [-0.1, -0.05) is 12.1 Å². The molecule has 1 aliphatic rings. The first-order chi connectivity index (χ1) is 14.5. The lowest BCUT2D eigenvalue weighted by molar-refractivity contribution is -0.150. The maximum Gasteiger partial charge on any atom is 0.329 e. The number of para-hydroxylation sites is 2. The Hall–Kier alpha value is -2.98. The lowest BCUT2D eigenvalue weighted by atomic mass is 10.3. The Bertz CT molecular complexity index is 1130. The van der Waals surface area contributed by atoms with Gasteiger partial charge in [-0.15, -0.1) is 0 Å². The Balaban J connectivity index is 1.49. The number of H-pyrrole nitrogens is 1. The van der Waals surface area contributed by atoms with E-state index in [0.29, 0.717) is 16.0 Å². The monoisotopic (exact) mass is 443 g/mol. The van der Waals surface area contributed by atoms with Gasteiger partial charge in [0.25, 0.3) is 11.1 Å². The van der Waals surface area contributed by atoms with E-state index in [2.05, 4.69) is 9.97 Å². The van der Waals surface area contributed by atoms with E-state index in [1.165, 1.54) is 24.8 Å². The van der Waals surface area contributed by atoms with E-state index in [1.807, 2.05) is 24.3 Å². The second kappa shape index (κ2) is 8.41. The second-order valence-corrected chi connectivity index (χ2v) is 8.28. The van der Waals surface area contributed by atoms with Crippen LogP contribution in [0, 0.1) is 0 Å². The Morgan fingerprint density at radius 2 is 2.13 bits per heavy atom. The van der Waals surface area contributed by atoms with E-state index in [1.54, 1.807) is 19.1 Å². The third-order valence-corrected chi connectivity index (χ3v) is 5.97. The summed E-state index contributed by atoms with van der Waals surface area (Å²) < 4.78 is 10.7. The molecule has 1 aromatic carbocycles. The highest BCUT2D eigenvalue weighted by Gasteiger charge is 2.41. The number of esters is 1. The van der Waals surface area contributed by atoms with Crippen molar-refractivity contribution in [3.05, 3.63) is 47.1 Å². The molecule has 1 saturated heterocycles. The third-order valence-electron chi connectivity index (χ3n) is 4.28. The number of ether oxygens (including phenoxy) is 1. The number of carbonyl (C=O) groups excluding carboxylic acids is 3. The zero-order valence-corrected chi connectivity index (χ0v) is 17.7. The summed E-state index contributed by atoms with van der Waals surface area (Å²) in [6.45, 7) is 3.30. The molecule has 0 spiro atoms. The fourth-order valence-corrected chi connectivity index (χ4v) is 4.51. The number of carbonyl (C=O) groups is 3. The van der Waals surface area contributed by atoms with Crippen LogP contribution in [0.5, 0.6) is 0 Å². The summed E-state index contributed by atoms with van der Waals surface area (Å²) >= 11 is 2.08. The van der Waals surface area contributed by atoms with Crippen LogP contribution in [0.4, 0.5) is 4.79 Å². The molecule has 3 heterocycles. The minimum Gasteiger partial charge on any atom is -0.464 e. The molecule has 0 unspecified atom stereocenters. The van der Waals surface area contributed by atoms with Gasteiger partial charge < -0.3 is 14.1 Å². The Kier molecular flexibility index (Phi) is 5.69. The van der Waals surface area contributed by atoms with Crippen molar-refractivity contribution in [2.45, 2.75) is 30.1 Å². The van der Waals surface area contributed by atoms with E-state index in [-0.39, 0.29) is 11.5 Å². The average molecular weight is 444 g/mol. The van der Waals surface area contributed by atoms with Crippen LogP contribution in [0.1, 0.15) is 19.6 Å². The highest BCUT2D eigenvalue weighted by atomic mass is 32.2. The van der Waals surface area contributed by atoms with E-state index < -0.39 is 23.2 Å². The molecule has 1 fully saturated rings. The van der Waals surface area contributed by atoms with Crippen molar-refractivity contribution in [2.24, 2.45) is 0 Å². The lowest BCUT2D eigenvalue weighted by Crippen LogP contribution is -2.42. The molecule has 0 aliphatic carbocycles. The van der Waals surface area contributed by atoms with Gasteiger partial charge >= 0.3 is 5.97 Å². The van der Waals surface area contributed by atoms with Crippen molar-refractivity contribution in [2.75, 3.05) is 6.61 Å². The summed E-state index contributed by atoms with van der Waals surface area (Å²) in [7, 11) is 0. The molecule has 0 saturated carbocycles. The van der Waals surface area contributed by atoms with Gasteiger partial charge in [0.05, 0.1) is 22.5 Å². The smallest absolute Gasteiger partial charge is 0.329 e. The van der Waals surface area contributed by atoms with Crippen LogP contribution in [0.2, 0.25) is 0 Å². The Labute approximate surface area is 180 Å². The number of imide groups is 1. The van der Waals surface area contributed by atoms with Gasteiger partial charge in [0.1, 0.15) is 11.8 Å². The zero-order chi connectivity index (χ0) is 21.3. The third kappa shape index (κ3) is 4.01. The van der Waals surface area contributed by atoms with Gasteiger partial charge in [0.2, 0.25) is 0 Å².